The molecule has 0 saturated heterocycles. The van der Waals surface area contributed by atoms with E-state index in [9.17, 15) is 4.39 Å². The van der Waals surface area contributed by atoms with Gasteiger partial charge in [-0.05, 0) is 18.7 Å². The maximum absolute atomic E-state index is 13.0. The minimum atomic E-state index is -0.465. The Kier molecular flexibility index (Phi) is 3.66. The van der Waals surface area contributed by atoms with Crippen LogP contribution in [-0.4, -0.2) is 18.8 Å². The van der Waals surface area contributed by atoms with Crippen molar-refractivity contribution in [3.8, 4) is 0 Å². The number of rotatable bonds is 3. The fraction of sp³-hybridized carbons (Fsp3) is 0.333. The van der Waals surface area contributed by atoms with Crippen LogP contribution in [0.2, 0.25) is 5.02 Å². The highest BCUT2D eigenvalue weighted by atomic mass is 35.5. The molecule has 2 N–H and O–H groups in total. The molecule has 0 aliphatic heterocycles. The van der Waals surface area contributed by atoms with Gasteiger partial charge in [0.25, 0.3) is 0 Å². The summed E-state index contributed by atoms with van der Waals surface area (Å²) in [5.41, 5.74) is 0.576. The Hall–Kier alpha value is -0.640. The first-order valence-electron chi connectivity index (χ1n) is 3.92. The third-order valence-electron chi connectivity index (χ3n) is 1.89. The molecule has 1 unspecified atom stereocenters. The molecule has 0 bridgehead atoms. The third-order valence-corrected chi connectivity index (χ3v) is 2.29. The van der Waals surface area contributed by atoms with E-state index in [4.69, 9.17) is 16.7 Å². The molecule has 0 aliphatic carbocycles. The molecule has 4 heteroatoms. The van der Waals surface area contributed by atoms with Gasteiger partial charge in [-0.3, -0.25) is 0 Å². The number of halogens is 2. The number of hydrogen-bond donors (Lipinski definition) is 2. The summed E-state index contributed by atoms with van der Waals surface area (Å²) in [5, 5.41) is 11.9. The molecular weight excluding hydrogens is 193 g/mol. The Morgan fingerprint density at radius 3 is 2.85 bits per heavy atom. The minimum Gasteiger partial charge on any atom is -0.394 e. The lowest BCUT2D eigenvalue weighted by Crippen LogP contribution is -2.20. The summed E-state index contributed by atoms with van der Waals surface area (Å²) in [5.74, 6) is -0.465. The van der Waals surface area contributed by atoms with Gasteiger partial charge < -0.3 is 10.4 Å². The molecule has 1 atom stereocenters. The lowest BCUT2D eigenvalue weighted by atomic mass is 10.1. The topological polar surface area (TPSA) is 32.3 Å². The Balaban J connectivity index is 3.05. The quantitative estimate of drug-likeness (QED) is 0.784. The van der Waals surface area contributed by atoms with Crippen LogP contribution in [0.25, 0.3) is 0 Å². The maximum Gasteiger partial charge on any atom is 0.142 e. The average molecular weight is 204 g/mol. The smallest absolute Gasteiger partial charge is 0.142 e. The van der Waals surface area contributed by atoms with Crippen molar-refractivity contribution in [1.29, 1.82) is 0 Å². The number of benzene rings is 1. The third kappa shape index (κ3) is 2.18. The van der Waals surface area contributed by atoms with E-state index in [0.29, 0.717) is 5.56 Å². The first kappa shape index (κ1) is 10.4. The largest absolute Gasteiger partial charge is 0.394 e. The van der Waals surface area contributed by atoms with Crippen molar-refractivity contribution in [2.24, 2.45) is 0 Å². The summed E-state index contributed by atoms with van der Waals surface area (Å²) in [6.45, 7) is -0.111. The van der Waals surface area contributed by atoms with E-state index in [-0.39, 0.29) is 17.7 Å². The SMILES string of the molecule is CNC(CO)c1cccc(F)c1Cl. The van der Waals surface area contributed by atoms with Crippen LogP contribution in [0.4, 0.5) is 4.39 Å². The highest BCUT2D eigenvalue weighted by Gasteiger charge is 2.13. The molecule has 13 heavy (non-hydrogen) atoms. The lowest BCUT2D eigenvalue weighted by molar-refractivity contribution is 0.251. The van der Waals surface area contributed by atoms with Crippen LogP contribution in [-0.2, 0) is 0 Å². The van der Waals surface area contributed by atoms with E-state index < -0.39 is 5.82 Å². The van der Waals surface area contributed by atoms with Crippen LogP contribution < -0.4 is 5.32 Å². The molecule has 0 radical (unpaired) electrons. The molecule has 0 spiro atoms. The molecule has 1 rings (SSSR count). The predicted molar refractivity (Wildman–Crippen MR) is 50.3 cm³/mol. The molecule has 0 fully saturated rings. The number of nitrogens with one attached hydrogen (secondary N) is 1. The van der Waals surface area contributed by atoms with Crippen LogP contribution in [0, 0.1) is 5.82 Å². The first-order chi connectivity index (χ1) is 6.20. The highest BCUT2D eigenvalue weighted by molar-refractivity contribution is 6.31. The van der Waals surface area contributed by atoms with Gasteiger partial charge in [-0.15, -0.1) is 0 Å². The van der Waals surface area contributed by atoms with Crippen molar-refractivity contribution in [3.63, 3.8) is 0 Å². The fourth-order valence-electron chi connectivity index (χ4n) is 1.13. The second-order valence-electron chi connectivity index (χ2n) is 2.67. The fourth-order valence-corrected chi connectivity index (χ4v) is 1.39. The number of likely N-dealkylation sites (N-methyl/N-ethyl adjacent to an activating group) is 1. The molecule has 1 aromatic carbocycles. The Bertz CT molecular complexity index is 289. The van der Waals surface area contributed by atoms with Crippen LogP contribution in [0.15, 0.2) is 18.2 Å². The van der Waals surface area contributed by atoms with Crippen molar-refractivity contribution in [3.05, 3.63) is 34.6 Å². The summed E-state index contributed by atoms with van der Waals surface area (Å²) in [4.78, 5) is 0. The zero-order valence-electron chi connectivity index (χ0n) is 7.22. The summed E-state index contributed by atoms with van der Waals surface area (Å²) in [6, 6.07) is 4.22. The van der Waals surface area contributed by atoms with Crippen molar-refractivity contribution in [1.82, 2.24) is 5.32 Å². The summed E-state index contributed by atoms with van der Waals surface area (Å²) in [7, 11) is 1.68. The Morgan fingerprint density at radius 1 is 1.62 bits per heavy atom. The van der Waals surface area contributed by atoms with Gasteiger partial charge in [-0.1, -0.05) is 23.7 Å². The zero-order chi connectivity index (χ0) is 9.84. The van der Waals surface area contributed by atoms with E-state index >= 15 is 0 Å². The summed E-state index contributed by atoms with van der Waals surface area (Å²) in [6.07, 6.45) is 0. The molecule has 0 aromatic heterocycles. The predicted octanol–water partition coefficient (Wildman–Crippen LogP) is 1.73. The Labute approximate surface area is 81.3 Å². The lowest BCUT2D eigenvalue weighted by Gasteiger charge is -2.14. The van der Waals surface area contributed by atoms with Crippen LogP contribution in [0.1, 0.15) is 11.6 Å². The van der Waals surface area contributed by atoms with E-state index in [2.05, 4.69) is 5.32 Å². The van der Waals surface area contributed by atoms with Crippen molar-refractivity contribution >= 4 is 11.6 Å². The molecular formula is C9H11ClFNO. The van der Waals surface area contributed by atoms with Gasteiger partial charge in [0.2, 0.25) is 0 Å². The molecule has 0 heterocycles. The van der Waals surface area contributed by atoms with Gasteiger partial charge >= 0.3 is 0 Å². The summed E-state index contributed by atoms with van der Waals surface area (Å²) < 4.78 is 13.0. The highest BCUT2D eigenvalue weighted by Crippen LogP contribution is 2.24. The van der Waals surface area contributed by atoms with E-state index in [1.807, 2.05) is 0 Å². The average Bonchev–Trinajstić information content (AvgIpc) is 2.14. The first-order valence-corrected chi connectivity index (χ1v) is 4.30. The van der Waals surface area contributed by atoms with E-state index in [0.717, 1.165) is 0 Å². The second-order valence-corrected chi connectivity index (χ2v) is 3.04. The minimum absolute atomic E-state index is 0.0656. The molecule has 0 aliphatic rings. The second kappa shape index (κ2) is 4.56. The monoisotopic (exact) mass is 203 g/mol. The van der Waals surface area contributed by atoms with Crippen molar-refractivity contribution < 1.29 is 9.50 Å². The number of hydrogen-bond acceptors (Lipinski definition) is 2. The summed E-state index contributed by atoms with van der Waals surface area (Å²) >= 11 is 5.72. The number of aliphatic hydroxyl groups is 1. The van der Waals surface area contributed by atoms with Gasteiger partial charge in [0.15, 0.2) is 0 Å². The van der Waals surface area contributed by atoms with Gasteiger partial charge in [0.1, 0.15) is 5.82 Å². The van der Waals surface area contributed by atoms with Gasteiger partial charge in [-0.25, -0.2) is 4.39 Å². The van der Waals surface area contributed by atoms with Crippen LogP contribution >= 0.6 is 11.6 Å². The zero-order valence-corrected chi connectivity index (χ0v) is 7.98. The number of aliphatic hydroxyl groups excluding tert-OH is 1. The van der Waals surface area contributed by atoms with Crippen molar-refractivity contribution in [2.45, 2.75) is 6.04 Å². The molecule has 0 saturated carbocycles. The Morgan fingerprint density at radius 2 is 2.31 bits per heavy atom. The molecule has 1 aromatic rings. The maximum atomic E-state index is 13.0. The van der Waals surface area contributed by atoms with Gasteiger partial charge in [0, 0.05) is 0 Å². The molecule has 72 valence electrons. The van der Waals surface area contributed by atoms with E-state index in [1.165, 1.54) is 6.07 Å². The normalized spacial score (nSPS) is 12.9. The van der Waals surface area contributed by atoms with Gasteiger partial charge in [-0.2, -0.15) is 0 Å². The van der Waals surface area contributed by atoms with Crippen LogP contribution in [0.3, 0.4) is 0 Å². The van der Waals surface area contributed by atoms with Crippen LogP contribution in [0.5, 0.6) is 0 Å². The van der Waals surface area contributed by atoms with Crippen molar-refractivity contribution in [2.75, 3.05) is 13.7 Å². The van der Waals surface area contributed by atoms with Gasteiger partial charge in [0.05, 0.1) is 17.7 Å². The standard InChI is InChI=1S/C9H11ClFNO/c1-12-8(5-13)6-3-2-4-7(11)9(6)10/h2-4,8,12-13H,5H2,1H3. The molecule has 0 amide bonds. The molecule has 2 nitrogen and oxygen atoms in total. The van der Waals surface area contributed by atoms with E-state index in [1.54, 1.807) is 19.2 Å².